The Labute approximate surface area is 109 Å². The van der Waals surface area contributed by atoms with Crippen LogP contribution in [-0.2, 0) is 4.74 Å². The van der Waals surface area contributed by atoms with Crippen LogP contribution in [0.5, 0.6) is 5.75 Å². The van der Waals surface area contributed by atoms with Gasteiger partial charge in [0.2, 0.25) is 0 Å². The van der Waals surface area contributed by atoms with E-state index in [1.807, 2.05) is 0 Å². The van der Waals surface area contributed by atoms with Crippen molar-refractivity contribution in [3.05, 3.63) is 23.1 Å². The molecule has 102 valence electrons. The van der Waals surface area contributed by atoms with Crippen LogP contribution in [0.4, 0.5) is 18.9 Å². The van der Waals surface area contributed by atoms with Gasteiger partial charge in [0.05, 0.1) is 12.8 Å². The Bertz CT molecular complexity index is 636. The van der Waals surface area contributed by atoms with Crippen LogP contribution in [0.15, 0.2) is 18.2 Å². The number of benzene rings is 1. The fourth-order valence-corrected chi connectivity index (χ4v) is 2.56. The summed E-state index contributed by atoms with van der Waals surface area (Å²) in [4.78, 5) is 11.6. The highest BCUT2D eigenvalue weighted by atomic mass is 32.1. The summed E-state index contributed by atoms with van der Waals surface area (Å²) in [6.07, 6.45) is -4.77. The number of anilines is 1. The van der Waals surface area contributed by atoms with Gasteiger partial charge in [0.25, 0.3) is 0 Å². The number of nitrogens with two attached hydrogens (primary N) is 1. The molecule has 0 aliphatic heterocycles. The predicted molar refractivity (Wildman–Crippen MR) is 64.3 cm³/mol. The van der Waals surface area contributed by atoms with Gasteiger partial charge in [-0.3, -0.25) is 0 Å². The molecule has 0 amide bonds. The van der Waals surface area contributed by atoms with Crippen molar-refractivity contribution < 1.29 is 27.4 Å². The average Bonchev–Trinajstić information content (AvgIpc) is 2.64. The predicted octanol–water partition coefficient (Wildman–Crippen LogP) is 3.17. The fourth-order valence-electron chi connectivity index (χ4n) is 1.54. The molecule has 1 aromatic carbocycles. The van der Waals surface area contributed by atoms with Crippen molar-refractivity contribution in [2.75, 3.05) is 12.8 Å². The smallest absolute Gasteiger partial charge is 0.465 e. The molecule has 0 fully saturated rings. The monoisotopic (exact) mass is 291 g/mol. The minimum absolute atomic E-state index is 0.0828. The lowest BCUT2D eigenvalue weighted by Crippen LogP contribution is -2.16. The maximum absolute atomic E-state index is 12.1. The van der Waals surface area contributed by atoms with Crippen molar-refractivity contribution in [1.29, 1.82) is 0 Å². The summed E-state index contributed by atoms with van der Waals surface area (Å²) in [5.74, 6) is -1.02. The fraction of sp³-hybridized carbons (Fsp3) is 0.182. The number of thiophene rings is 1. The number of alkyl halides is 3. The number of carbonyl (C=O) groups excluding carboxylic acids is 1. The number of hydrogen-bond donors (Lipinski definition) is 1. The molecule has 2 N–H and O–H groups in total. The van der Waals surface area contributed by atoms with E-state index < -0.39 is 12.3 Å². The third-order valence-electron chi connectivity index (χ3n) is 2.30. The molecule has 0 saturated heterocycles. The summed E-state index contributed by atoms with van der Waals surface area (Å²) in [6, 6.07) is 3.71. The molecule has 0 atom stereocenters. The van der Waals surface area contributed by atoms with E-state index in [9.17, 15) is 18.0 Å². The number of hydrogen-bond acceptors (Lipinski definition) is 5. The number of methoxy groups -OCH3 is 1. The molecule has 19 heavy (non-hydrogen) atoms. The van der Waals surface area contributed by atoms with E-state index in [0.29, 0.717) is 10.1 Å². The first-order valence-electron chi connectivity index (χ1n) is 4.98. The van der Waals surface area contributed by atoms with E-state index >= 15 is 0 Å². The van der Waals surface area contributed by atoms with Crippen molar-refractivity contribution >= 4 is 33.1 Å². The van der Waals surface area contributed by atoms with E-state index in [2.05, 4.69) is 9.47 Å². The summed E-state index contributed by atoms with van der Waals surface area (Å²) in [5, 5.41) is 0.326. The Morgan fingerprint density at radius 2 is 2.05 bits per heavy atom. The zero-order valence-electron chi connectivity index (χ0n) is 9.58. The number of esters is 1. The van der Waals surface area contributed by atoms with Crippen LogP contribution in [0.1, 0.15) is 9.67 Å². The molecule has 1 heterocycles. The van der Waals surface area contributed by atoms with E-state index in [4.69, 9.17) is 5.73 Å². The molecule has 2 rings (SSSR count). The maximum atomic E-state index is 12.1. The Kier molecular flexibility index (Phi) is 3.27. The second kappa shape index (κ2) is 4.61. The minimum Gasteiger partial charge on any atom is -0.465 e. The second-order valence-electron chi connectivity index (χ2n) is 3.54. The van der Waals surface area contributed by atoms with Crippen molar-refractivity contribution in [3.8, 4) is 5.75 Å². The minimum atomic E-state index is -4.77. The van der Waals surface area contributed by atoms with Crippen LogP contribution >= 0.6 is 11.3 Å². The zero-order valence-corrected chi connectivity index (χ0v) is 10.4. The van der Waals surface area contributed by atoms with Gasteiger partial charge in [-0.2, -0.15) is 0 Å². The van der Waals surface area contributed by atoms with Crippen molar-refractivity contribution in [3.63, 3.8) is 0 Å². The lowest BCUT2D eigenvalue weighted by Gasteiger charge is -2.08. The molecule has 0 spiro atoms. The molecule has 4 nitrogen and oxygen atoms in total. The van der Waals surface area contributed by atoms with Crippen LogP contribution < -0.4 is 10.5 Å². The highest BCUT2D eigenvalue weighted by molar-refractivity contribution is 7.21. The van der Waals surface area contributed by atoms with E-state index in [-0.39, 0.29) is 16.3 Å². The summed E-state index contributed by atoms with van der Waals surface area (Å²) < 4.78 is 45.2. The second-order valence-corrected chi connectivity index (χ2v) is 4.59. The maximum Gasteiger partial charge on any atom is 0.573 e. The molecule has 0 radical (unpaired) electrons. The summed E-state index contributed by atoms with van der Waals surface area (Å²) in [6.45, 7) is 0. The van der Waals surface area contributed by atoms with Gasteiger partial charge in [0.1, 0.15) is 10.6 Å². The zero-order chi connectivity index (χ0) is 14.2. The first-order valence-corrected chi connectivity index (χ1v) is 5.79. The van der Waals surface area contributed by atoms with Crippen LogP contribution in [0.3, 0.4) is 0 Å². The normalized spacial score (nSPS) is 11.6. The lowest BCUT2D eigenvalue weighted by molar-refractivity contribution is -0.274. The Morgan fingerprint density at radius 1 is 1.37 bits per heavy atom. The van der Waals surface area contributed by atoms with E-state index in [1.54, 1.807) is 0 Å². The van der Waals surface area contributed by atoms with Gasteiger partial charge in [-0.1, -0.05) is 0 Å². The first kappa shape index (κ1) is 13.5. The summed E-state index contributed by atoms with van der Waals surface area (Å²) in [7, 11) is 1.20. The first-order chi connectivity index (χ1) is 8.81. The SMILES string of the molecule is COC(=O)c1sc2ccc(OC(F)(F)F)cc2c1N. The van der Waals surface area contributed by atoms with Gasteiger partial charge in [0, 0.05) is 10.1 Å². The molecule has 0 unspecified atom stereocenters. The molecule has 8 heteroatoms. The van der Waals surface area contributed by atoms with Gasteiger partial charge in [-0.25, -0.2) is 4.79 Å². The highest BCUT2D eigenvalue weighted by Crippen LogP contribution is 2.37. The van der Waals surface area contributed by atoms with Crippen LogP contribution in [0.25, 0.3) is 10.1 Å². The van der Waals surface area contributed by atoms with Crippen LogP contribution in [0.2, 0.25) is 0 Å². The lowest BCUT2D eigenvalue weighted by atomic mass is 10.2. The standard InChI is InChI=1S/C11H8F3NO3S/c1-17-10(16)9-8(15)6-4-5(18-11(12,13)14)2-3-7(6)19-9/h2-4H,15H2,1H3. The molecule has 1 aromatic heterocycles. The van der Waals surface area contributed by atoms with Gasteiger partial charge in [-0.05, 0) is 18.2 Å². The molecule has 0 bridgehead atoms. The average molecular weight is 291 g/mol. The Balaban J connectivity index is 2.48. The van der Waals surface area contributed by atoms with Crippen LogP contribution in [-0.4, -0.2) is 19.4 Å². The van der Waals surface area contributed by atoms with Gasteiger partial charge in [-0.15, -0.1) is 24.5 Å². The Hall–Kier alpha value is -1.96. The molecule has 2 aromatic rings. The molecule has 0 aliphatic carbocycles. The summed E-state index contributed by atoms with van der Waals surface area (Å²) in [5.41, 5.74) is 5.80. The molecular formula is C11H8F3NO3S. The number of fused-ring (bicyclic) bond motifs is 1. The molecule has 0 aliphatic rings. The van der Waals surface area contributed by atoms with Crippen molar-refractivity contribution in [1.82, 2.24) is 0 Å². The number of nitrogen functional groups attached to an aromatic ring is 1. The largest absolute Gasteiger partial charge is 0.573 e. The van der Waals surface area contributed by atoms with Gasteiger partial charge in [0.15, 0.2) is 0 Å². The van der Waals surface area contributed by atoms with Gasteiger partial charge >= 0.3 is 12.3 Å². The highest BCUT2D eigenvalue weighted by Gasteiger charge is 2.31. The number of carbonyl (C=O) groups is 1. The number of halogens is 3. The molecule has 0 saturated carbocycles. The third-order valence-corrected chi connectivity index (χ3v) is 3.47. The number of rotatable bonds is 2. The Morgan fingerprint density at radius 3 is 2.63 bits per heavy atom. The molecular weight excluding hydrogens is 283 g/mol. The van der Waals surface area contributed by atoms with Crippen molar-refractivity contribution in [2.45, 2.75) is 6.36 Å². The topological polar surface area (TPSA) is 61.5 Å². The number of ether oxygens (including phenoxy) is 2. The van der Waals surface area contributed by atoms with E-state index in [1.165, 1.54) is 13.2 Å². The van der Waals surface area contributed by atoms with Crippen LogP contribution in [0, 0.1) is 0 Å². The van der Waals surface area contributed by atoms with E-state index in [0.717, 1.165) is 23.5 Å². The van der Waals surface area contributed by atoms with Gasteiger partial charge < -0.3 is 15.2 Å². The third kappa shape index (κ3) is 2.73. The van der Waals surface area contributed by atoms with Crippen molar-refractivity contribution in [2.24, 2.45) is 0 Å². The quantitative estimate of drug-likeness (QED) is 0.863. The summed E-state index contributed by atoms with van der Waals surface area (Å²) >= 11 is 1.05.